The van der Waals surface area contributed by atoms with Crippen molar-refractivity contribution in [2.75, 3.05) is 6.61 Å². The molecule has 0 bridgehead atoms. The Hall–Kier alpha value is -2.53. The van der Waals surface area contributed by atoms with E-state index in [1.54, 1.807) is 18.2 Å². The lowest BCUT2D eigenvalue weighted by Gasteiger charge is -2.13. The maximum atomic E-state index is 11.1. The highest BCUT2D eigenvalue weighted by Crippen LogP contribution is 2.35. The van der Waals surface area contributed by atoms with E-state index in [-0.39, 0.29) is 24.7 Å². The smallest absolute Gasteiger partial charge is 0.167 e. The summed E-state index contributed by atoms with van der Waals surface area (Å²) in [5, 5.41) is 20.5. The lowest BCUT2D eigenvalue weighted by Crippen LogP contribution is -2.06. The van der Waals surface area contributed by atoms with Crippen LogP contribution in [0.3, 0.4) is 0 Å². The first-order chi connectivity index (χ1) is 13.9. The zero-order valence-electron chi connectivity index (χ0n) is 15.8. The standard InChI is InChI=1S/C23H20Cl2O4/c1-14(27)13-29-18-10-21(24)20(22(25)11-18)9-15-5-6-23(28)19(8-15)17-4-2-3-16(7-17)12-26/h2-8,10-11,26,28H,9,12-13H2,1H3. The number of halogens is 2. The van der Waals surface area contributed by atoms with Crippen LogP contribution in [0.25, 0.3) is 11.1 Å². The highest BCUT2D eigenvalue weighted by Gasteiger charge is 2.13. The van der Waals surface area contributed by atoms with E-state index in [4.69, 9.17) is 27.9 Å². The first-order valence-corrected chi connectivity index (χ1v) is 9.75. The molecular formula is C23H20Cl2O4. The third-order valence-corrected chi connectivity index (χ3v) is 5.09. The number of carbonyl (C=O) groups is 1. The van der Waals surface area contributed by atoms with Crippen LogP contribution in [0.5, 0.6) is 11.5 Å². The summed E-state index contributed by atoms with van der Waals surface area (Å²) in [5.74, 6) is 0.489. The lowest BCUT2D eigenvalue weighted by atomic mass is 9.97. The van der Waals surface area contributed by atoms with E-state index < -0.39 is 0 Å². The average Bonchev–Trinajstić information content (AvgIpc) is 2.70. The van der Waals surface area contributed by atoms with Gasteiger partial charge in [0.1, 0.15) is 18.1 Å². The molecule has 3 aromatic carbocycles. The molecule has 3 rings (SSSR count). The zero-order valence-corrected chi connectivity index (χ0v) is 17.3. The van der Waals surface area contributed by atoms with E-state index in [2.05, 4.69) is 0 Å². The number of Topliss-reactive ketones (excluding diaryl/α,β-unsaturated/α-hetero) is 1. The minimum atomic E-state index is -0.0942. The first-order valence-electron chi connectivity index (χ1n) is 8.99. The highest BCUT2D eigenvalue weighted by atomic mass is 35.5. The molecule has 0 aliphatic heterocycles. The van der Waals surface area contributed by atoms with Gasteiger partial charge in [0, 0.05) is 22.0 Å². The summed E-state index contributed by atoms with van der Waals surface area (Å²) in [5.41, 5.74) is 3.87. The summed E-state index contributed by atoms with van der Waals surface area (Å²) in [6.45, 7) is 1.33. The summed E-state index contributed by atoms with van der Waals surface area (Å²) in [6.07, 6.45) is 0.456. The normalized spacial score (nSPS) is 10.8. The van der Waals surface area contributed by atoms with Gasteiger partial charge in [0.25, 0.3) is 0 Å². The van der Waals surface area contributed by atoms with Gasteiger partial charge in [0.05, 0.1) is 6.61 Å². The Morgan fingerprint density at radius 2 is 1.72 bits per heavy atom. The number of phenolic OH excluding ortho intramolecular Hbond substituents is 1. The molecule has 3 aromatic rings. The summed E-state index contributed by atoms with van der Waals surface area (Å²) >= 11 is 12.8. The van der Waals surface area contributed by atoms with E-state index in [0.29, 0.717) is 27.8 Å². The van der Waals surface area contributed by atoms with Crippen LogP contribution in [-0.4, -0.2) is 22.6 Å². The van der Waals surface area contributed by atoms with Gasteiger partial charge >= 0.3 is 0 Å². The van der Waals surface area contributed by atoms with Gasteiger partial charge in [-0.1, -0.05) is 47.5 Å². The van der Waals surface area contributed by atoms with Crippen LogP contribution in [0.15, 0.2) is 54.6 Å². The Kier molecular flexibility index (Phi) is 6.80. The molecule has 0 atom stereocenters. The molecule has 0 aromatic heterocycles. The van der Waals surface area contributed by atoms with Crippen LogP contribution < -0.4 is 4.74 Å². The van der Waals surface area contributed by atoms with Crippen LogP contribution in [0.1, 0.15) is 23.6 Å². The van der Waals surface area contributed by atoms with Gasteiger partial charge in [-0.3, -0.25) is 4.79 Å². The van der Waals surface area contributed by atoms with Crippen molar-refractivity contribution in [1.82, 2.24) is 0 Å². The predicted octanol–water partition coefficient (Wildman–Crippen LogP) is 5.42. The van der Waals surface area contributed by atoms with Crippen LogP contribution in [0, 0.1) is 0 Å². The molecule has 0 heterocycles. The topological polar surface area (TPSA) is 66.8 Å². The van der Waals surface area contributed by atoms with Gasteiger partial charge in [0.15, 0.2) is 5.78 Å². The predicted molar refractivity (Wildman–Crippen MR) is 115 cm³/mol. The molecule has 29 heavy (non-hydrogen) atoms. The molecule has 0 saturated carbocycles. The second-order valence-electron chi connectivity index (χ2n) is 6.74. The third kappa shape index (κ3) is 5.30. The second kappa shape index (κ2) is 9.31. The number of benzene rings is 3. The number of aliphatic hydroxyl groups is 1. The first kappa shape index (κ1) is 21.2. The Balaban J connectivity index is 1.90. The third-order valence-electron chi connectivity index (χ3n) is 4.42. The van der Waals surface area contributed by atoms with Crippen molar-refractivity contribution in [1.29, 1.82) is 0 Å². The number of phenols is 1. The average molecular weight is 431 g/mol. The van der Waals surface area contributed by atoms with Crippen molar-refractivity contribution in [3.8, 4) is 22.6 Å². The second-order valence-corrected chi connectivity index (χ2v) is 7.56. The van der Waals surface area contributed by atoms with Crippen LogP contribution in [0.2, 0.25) is 10.0 Å². The number of ketones is 1. The van der Waals surface area contributed by atoms with Gasteiger partial charge in [-0.15, -0.1) is 0 Å². The molecule has 2 N–H and O–H groups in total. The molecule has 6 heteroatoms. The summed E-state index contributed by atoms with van der Waals surface area (Å²) in [4.78, 5) is 11.1. The van der Waals surface area contributed by atoms with E-state index in [9.17, 15) is 15.0 Å². The maximum Gasteiger partial charge on any atom is 0.167 e. The van der Waals surface area contributed by atoms with E-state index in [0.717, 1.165) is 22.3 Å². The quantitative estimate of drug-likeness (QED) is 0.525. The maximum absolute atomic E-state index is 11.1. The zero-order chi connectivity index (χ0) is 21.0. The Morgan fingerprint density at radius 1 is 1.00 bits per heavy atom. The van der Waals surface area contributed by atoms with Crippen molar-refractivity contribution in [3.05, 3.63) is 81.3 Å². The van der Waals surface area contributed by atoms with Crippen molar-refractivity contribution >= 4 is 29.0 Å². The van der Waals surface area contributed by atoms with Crippen molar-refractivity contribution < 1.29 is 19.7 Å². The molecule has 4 nitrogen and oxygen atoms in total. The van der Waals surface area contributed by atoms with Crippen molar-refractivity contribution in [2.24, 2.45) is 0 Å². The van der Waals surface area contributed by atoms with E-state index in [1.807, 2.05) is 36.4 Å². The minimum absolute atomic E-state index is 0.0414. The van der Waals surface area contributed by atoms with Gasteiger partial charge in [-0.05, 0) is 59.5 Å². The number of carbonyl (C=O) groups excluding carboxylic acids is 1. The molecule has 0 amide bonds. The number of rotatable bonds is 7. The van der Waals surface area contributed by atoms with E-state index in [1.165, 1.54) is 6.92 Å². The molecule has 0 aliphatic rings. The van der Waals surface area contributed by atoms with Crippen LogP contribution in [0.4, 0.5) is 0 Å². The fraction of sp³-hybridized carbons (Fsp3) is 0.174. The SMILES string of the molecule is CC(=O)COc1cc(Cl)c(Cc2ccc(O)c(-c3cccc(CO)c3)c2)c(Cl)c1. The monoisotopic (exact) mass is 430 g/mol. The number of hydrogen-bond donors (Lipinski definition) is 2. The van der Waals surface area contributed by atoms with Crippen LogP contribution >= 0.6 is 23.2 Å². The fourth-order valence-corrected chi connectivity index (χ4v) is 3.58. The number of aliphatic hydroxyl groups excluding tert-OH is 1. The van der Waals surface area contributed by atoms with Gasteiger partial charge < -0.3 is 14.9 Å². The molecule has 0 unspecified atom stereocenters. The summed E-state index contributed by atoms with van der Waals surface area (Å²) in [7, 11) is 0. The van der Waals surface area contributed by atoms with Crippen molar-refractivity contribution in [2.45, 2.75) is 20.0 Å². The molecule has 0 saturated heterocycles. The number of aromatic hydroxyl groups is 1. The highest BCUT2D eigenvalue weighted by molar-refractivity contribution is 6.36. The molecule has 0 radical (unpaired) electrons. The summed E-state index contributed by atoms with van der Waals surface area (Å²) in [6, 6.07) is 15.9. The lowest BCUT2D eigenvalue weighted by molar-refractivity contribution is -0.118. The molecule has 0 aliphatic carbocycles. The molecular weight excluding hydrogens is 411 g/mol. The van der Waals surface area contributed by atoms with E-state index >= 15 is 0 Å². The Bertz CT molecular complexity index is 1020. The van der Waals surface area contributed by atoms with Gasteiger partial charge in [0.2, 0.25) is 0 Å². The van der Waals surface area contributed by atoms with Gasteiger partial charge in [-0.2, -0.15) is 0 Å². The van der Waals surface area contributed by atoms with Crippen molar-refractivity contribution in [3.63, 3.8) is 0 Å². The molecule has 0 fully saturated rings. The Labute approximate surface area is 179 Å². The molecule has 0 spiro atoms. The summed E-state index contributed by atoms with van der Waals surface area (Å²) < 4.78 is 5.38. The fourth-order valence-electron chi connectivity index (χ4n) is 2.98. The Morgan fingerprint density at radius 3 is 2.38 bits per heavy atom. The number of hydrogen-bond acceptors (Lipinski definition) is 4. The number of ether oxygens (including phenoxy) is 1. The largest absolute Gasteiger partial charge is 0.507 e. The minimum Gasteiger partial charge on any atom is -0.507 e. The van der Waals surface area contributed by atoms with Gasteiger partial charge in [-0.25, -0.2) is 0 Å². The molecule has 150 valence electrons. The van der Waals surface area contributed by atoms with Crippen LogP contribution in [-0.2, 0) is 17.8 Å².